The van der Waals surface area contributed by atoms with Crippen LogP contribution in [0.5, 0.6) is 0 Å². The number of carboxylic acids is 1. The van der Waals surface area contributed by atoms with E-state index in [9.17, 15) is 18.4 Å². The van der Waals surface area contributed by atoms with E-state index in [1.807, 2.05) is 0 Å². The third kappa shape index (κ3) is 5.03. The van der Waals surface area contributed by atoms with Gasteiger partial charge in [-0.1, -0.05) is 13.8 Å². The Balaban J connectivity index is 2.70. The van der Waals surface area contributed by atoms with Gasteiger partial charge in [0, 0.05) is 12.5 Å². The number of anilines is 1. The van der Waals surface area contributed by atoms with Crippen molar-refractivity contribution in [2.45, 2.75) is 26.7 Å². The van der Waals surface area contributed by atoms with Crippen molar-refractivity contribution in [1.82, 2.24) is 0 Å². The van der Waals surface area contributed by atoms with Crippen LogP contribution in [0, 0.1) is 17.0 Å². The minimum absolute atomic E-state index is 0.102. The first-order chi connectivity index (χ1) is 8.69. The molecule has 104 valence electrons. The van der Waals surface area contributed by atoms with E-state index >= 15 is 0 Å². The van der Waals surface area contributed by atoms with Gasteiger partial charge in [0.1, 0.15) is 11.6 Å². The molecule has 0 heterocycles. The molecular formula is C13H15F2NO3. The van der Waals surface area contributed by atoms with Crippen molar-refractivity contribution in [3.05, 3.63) is 29.8 Å². The second kappa shape index (κ2) is 5.77. The van der Waals surface area contributed by atoms with Crippen LogP contribution in [0.15, 0.2) is 18.2 Å². The summed E-state index contributed by atoms with van der Waals surface area (Å²) in [6.45, 7) is 3.23. The van der Waals surface area contributed by atoms with Crippen LogP contribution in [0.4, 0.5) is 14.5 Å². The molecule has 0 bridgehead atoms. The lowest BCUT2D eigenvalue weighted by atomic mass is 9.85. The zero-order valence-electron chi connectivity index (χ0n) is 10.7. The number of nitrogens with one attached hydrogen (secondary N) is 1. The highest BCUT2D eigenvalue weighted by Crippen LogP contribution is 2.26. The van der Waals surface area contributed by atoms with Crippen LogP contribution in [0.25, 0.3) is 0 Å². The van der Waals surface area contributed by atoms with Gasteiger partial charge in [0.2, 0.25) is 5.91 Å². The van der Waals surface area contributed by atoms with Crippen molar-refractivity contribution in [3.63, 3.8) is 0 Å². The smallest absolute Gasteiger partial charge is 0.303 e. The van der Waals surface area contributed by atoms with Crippen LogP contribution >= 0.6 is 0 Å². The number of carboxylic acid groups (broad SMARTS) is 1. The van der Waals surface area contributed by atoms with E-state index in [1.54, 1.807) is 13.8 Å². The lowest BCUT2D eigenvalue weighted by Gasteiger charge is -2.21. The number of carbonyl (C=O) groups is 2. The Kier molecular flexibility index (Phi) is 4.58. The second-order valence-corrected chi connectivity index (χ2v) is 5.08. The van der Waals surface area contributed by atoms with Gasteiger partial charge in [-0.15, -0.1) is 0 Å². The summed E-state index contributed by atoms with van der Waals surface area (Å²) in [5, 5.41) is 10.9. The Morgan fingerprint density at radius 2 is 1.89 bits per heavy atom. The molecule has 1 rings (SSSR count). The lowest BCUT2D eigenvalue weighted by molar-refractivity contribution is -0.139. The van der Waals surface area contributed by atoms with E-state index in [4.69, 9.17) is 5.11 Å². The number of rotatable bonds is 5. The maximum Gasteiger partial charge on any atom is 0.303 e. The zero-order valence-corrected chi connectivity index (χ0v) is 10.7. The molecule has 0 atom stereocenters. The molecule has 0 unspecified atom stereocenters. The first kappa shape index (κ1) is 15.1. The third-order valence-corrected chi connectivity index (χ3v) is 2.47. The van der Waals surface area contributed by atoms with Crippen LogP contribution < -0.4 is 5.32 Å². The van der Waals surface area contributed by atoms with Crippen LogP contribution in [0.3, 0.4) is 0 Å². The number of aliphatic carboxylic acids is 1. The molecule has 0 aromatic heterocycles. The standard InChI is InChI=1S/C13H15F2NO3/c1-13(2,7-12(18)19)6-11(17)16-10-5-8(14)3-4-9(10)15/h3-5H,6-7H2,1-2H3,(H,16,17)(H,18,19). The molecule has 1 aromatic rings. The monoisotopic (exact) mass is 271 g/mol. The molecule has 0 fully saturated rings. The molecular weight excluding hydrogens is 256 g/mol. The summed E-state index contributed by atoms with van der Waals surface area (Å²) in [6.07, 6.45) is -0.290. The molecule has 0 aliphatic rings. The van der Waals surface area contributed by atoms with Crippen molar-refractivity contribution in [3.8, 4) is 0 Å². The van der Waals surface area contributed by atoms with Crippen molar-refractivity contribution in [2.24, 2.45) is 5.41 Å². The van der Waals surface area contributed by atoms with Gasteiger partial charge in [0.15, 0.2) is 0 Å². The fourth-order valence-corrected chi connectivity index (χ4v) is 1.69. The Morgan fingerprint density at radius 3 is 2.47 bits per heavy atom. The molecule has 0 spiro atoms. The predicted octanol–water partition coefficient (Wildman–Crippen LogP) is 2.79. The molecule has 2 N–H and O–H groups in total. The fourth-order valence-electron chi connectivity index (χ4n) is 1.69. The molecule has 1 amide bonds. The van der Waals surface area contributed by atoms with Crippen molar-refractivity contribution < 1.29 is 23.5 Å². The number of carbonyl (C=O) groups excluding carboxylic acids is 1. The zero-order chi connectivity index (χ0) is 14.6. The van der Waals surface area contributed by atoms with E-state index in [1.165, 1.54) is 0 Å². The van der Waals surface area contributed by atoms with Gasteiger partial charge in [-0.05, 0) is 17.5 Å². The van der Waals surface area contributed by atoms with E-state index in [2.05, 4.69) is 5.32 Å². The third-order valence-electron chi connectivity index (χ3n) is 2.47. The summed E-state index contributed by atoms with van der Waals surface area (Å²) >= 11 is 0. The Hall–Kier alpha value is -1.98. The summed E-state index contributed by atoms with van der Waals surface area (Å²) in [6, 6.07) is 2.73. The van der Waals surface area contributed by atoms with E-state index < -0.39 is 28.9 Å². The van der Waals surface area contributed by atoms with Gasteiger partial charge < -0.3 is 10.4 Å². The highest BCUT2D eigenvalue weighted by Gasteiger charge is 2.25. The van der Waals surface area contributed by atoms with Gasteiger partial charge in [0.05, 0.1) is 12.1 Å². The van der Waals surface area contributed by atoms with E-state index in [-0.39, 0.29) is 18.5 Å². The summed E-state index contributed by atoms with van der Waals surface area (Å²) in [4.78, 5) is 22.3. The second-order valence-electron chi connectivity index (χ2n) is 5.08. The van der Waals surface area contributed by atoms with Crippen molar-refractivity contribution in [1.29, 1.82) is 0 Å². The number of hydrogen-bond acceptors (Lipinski definition) is 2. The SMILES string of the molecule is CC(C)(CC(=O)O)CC(=O)Nc1cc(F)ccc1F. The Labute approximate surface area is 109 Å². The molecule has 4 nitrogen and oxygen atoms in total. The summed E-state index contributed by atoms with van der Waals surface area (Å²) in [7, 11) is 0. The van der Waals surface area contributed by atoms with E-state index in [0.717, 1.165) is 18.2 Å². The maximum atomic E-state index is 13.3. The highest BCUT2D eigenvalue weighted by atomic mass is 19.1. The van der Waals surface area contributed by atoms with Gasteiger partial charge in [-0.25, -0.2) is 8.78 Å². The quantitative estimate of drug-likeness (QED) is 0.865. The van der Waals surface area contributed by atoms with Crippen LogP contribution in [0.2, 0.25) is 0 Å². The van der Waals surface area contributed by atoms with Crippen molar-refractivity contribution in [2.75, 3.05) is 5.32 Å². The average Bonchev–Trinajstić information content (AvgIpc) is 2.20. The molecule has 0 saturated heterocycles. The molecule has 6 heteroatoms. The molecule has 0 aliphatic carbocycles. The first-order valence-corrected chi connectivity index (χ1v) is 5.66. The summed E-state index contributed by atoms with van der Waals surface area (Å²) in [5.74, 6) is -2.99. The highest BCUT2D eigenvalue weighted by molar-refractivity contribution is 5.91. The summed E-state index contributed by atoms with van der Waals surface area (Å²) in [5.41, 5.74) is -1.02. The normalized spacial score (nSPS) is 11.2. The van der Waals surface area contributed by atoms with E-state index in [0.29, 0.717) is 0 Å². The Bertz CT molecular complexity index is 501. The number of amides is 1. The fraction of sp³-hybridized carbons (Fsp3) is 0.385. The van der Waals surface area contributed by atoms with Crippen LogP contribution in [-0.4, -0.2) is 17.0 Å². The number of halogens is 2. The molecule has 1 aromatic carbocycles. The predicted molar refractivity (Wildman–Crippen MR) is 65.6 cm³/mol. The van der Waals surface area contributed by atoms with Crippen LogP contribution in [-0.2, 0) is 9.59 Å². The van der Waals surface area contributed by atoms with Crippen molar-refractivity contribution >= 4 is 17.6 Å². The molecule has 0 radical (unpaired) electrons. The Morgan fingerprint density at radius 1 is 1.26 bits per heavy atom. The molecule has 0 saturated carbocycles. The van der Waals surface area contributed by atoms with Gasteiger partial charge in [-0.2, -0.15) is 0 Å². The minimum Gasteiger partial charge on any atom is -0.481 e. The largest absolute Gasteiger partial charge is 0.481 e. The minimum atomic E-state index is -1.02. The topological polar surface area (TPSA) is 66.4 Å². The maximum absolute atomic E-state index is 13.3. The van der Waals surface area contributed by atoms with Gasteiger partial charge in [-0.3, -0.25) is 9.59 Å². The summed E-state index contributed by atoms with van der Waals surface area (Å²) < 4.78 is 26.2. The average molecular weight is 271 g/mol. The van der Waals surface area contributed by atoms with Gasteiger partial charge in [0.25, 0.3) is 0 Å². The van der Waals surface area contributed by atoms with Gasteiger partial charge >= 0.3 is 5.97 Å². The first-order valence-electron chi connectivity index (χ1n) is 5.66. The van der Waals surface area contributed by atoms with Crippen LogP contribution in [0.1, 0.15) is 26.7 Å². The molecule has 0 aliphatic heterocycles. The number of benzene rings is 1. The number of hydrogen-bond donors (Lipinski definition) is 2. The lowest BCUT2D eigenvalue weighted by Crippen LogP contribution is -2.25. The molecule has 19 heavy (non-hydrogen) atoms.